The Bertz CT molecular complexity index is 1140. The number of rotatable bonds is 10. The summed E-state index contributed by atoms with van der Waals surface area (Å²) in [5.74, 6) is 0.555. The Morgan fingerprint density at radius 2 is 1.88 bits per heavy atom. The molecule has 34 heavy (non-hydrogen) atoms. The van der Waals surface area contributed by atoms with E-state index in [9.17, 15) is 24.3 Å². The van der Waals surface area contributed by atoms with Gasteiger partial charge in [-0.25, -0.2) is 9.59 Å². The minimum Gasteiger partial charge on any atom is -0.508 e. The van der Waals surface area contributed by atoms with Crippen LogP contribution in [-0.4, -0.2) is 59.1 Å². The Balaban J connectivity index is 1.11. The van der Waals surface area contributed by atoms with Gasteiger partial charge >= 0.3 is 11.7 Å². The molecule has 2 fully saturated rings. The summed E-state index contributed by atoms with van der Waals surface area (Å²) in [6.07, 6.45) is 3.05. The van der Waals surface area contributed by atoms with Crippen LogP contribution in [0, 0.1) is 0 Å². The molecule has 0 saturated carbocycles. The van der Waals surface area contributed by atoms with Gasteiger partial charge in [-0.3, -0.25) is 9.59 Å². The Labute approximate surface area is 200 Å². The third kappa shape index (κ3) is 6.02. The van der Waals surface area contributed by atoms with Crippen LogP contribution >= 0.6 is 11.8 Å². The van der Waals surface area contributed by atoms with Crippen LogP contribution in [0.1, 0.15) is 31.2 Å². The molecule has 1 aromatic heterocycles. The molecular formula is C23H28N4O6S. The van der Waals surface area contributed by atoms with Crippen LogP contribution in [0.5, 0.6) is 5.75 Å². The molecule has 5 N–H and O–H groups in total. The fourth-order valence-corrected chi connectivity index (χ4v) is 5.91. The van der Waals surface area contributed by atoms with Crippen LogP contribution in [0.3, 0.4) is 0 Å². The number of phenolic OH excluding ortho intramolecular Hbond substituents is 1. The second-order valence-corrected chi connectivity index (χ2v) is 9.79. The van der Waals surface area contributed by atoms with Gasteiger partial charge in [0, 0.05) is 48.0 Å². The van der Waals surface area contributed by atoms with E-state index in [0.29, 0.717) is 29.2 Å². The van der Waals surface area contributed by atoms with E-state index in [-0.39, 0.29) is 54.2 Å². The lowest BCUT2D eigenvalue weighted by molar-refractivity contribution is -0.122. The third-order valence-electron chi connectivity index (χ3n) is 6.01. The number of urea groups is 1. The number of nitrogens with one attached hydrogen (secondary N) is 4. The van der Waals surface area contributed by atoms with Crippen molar-refractivity contribution in [2.45, 2.75) is 49.4 Å². The number of hydrogen-bond acceptors (Lipinski definition) is 7. The number of thioether (sulfide) groups is 1. The molecule has 0 spiro atoms. The Morgan fingerprint density at radius 1 is 1.09 bits per heavy atom. The number of hydrogen-bond donors (Lipinski definition) is 5. The molecule has 2 aromatic rings. The Morgan fingerprint density at radius 3 is 2.71 bits per heavy atom. The Hall–Kier alpha value is -3.21. The first-order valence-corrected chi connectivity index (χ1v) is 12.4. The average Bonchev–Trinajstić information content (AvgIpc) is 3.33. The average molecular weight is 489 g/mol. The number of benzene rings is 1. The summed E-state index contributed by atoms with van der Waals surface area (Å²) in [6, 6.07) is 5.98. The molecule has 2 aliphatic rings. The minimum absolute atomic E-state index is 0.0160. The third-order valence-corrected chi connectivity index (χ3v) is 7.52. The number of carbonyl (C=O) groups excluding carboxylic acids is 3. The van der Waals surface area contributed by atoms with Crippen LogP contribution in [0.2, 0.25) is 0 Å². The first-order valence-electron chi connectivity index (χ1n) is 11.4. The molecule has 0 unspecified atom stereocenters. The normalized spacial score (nSPS) is 21.1. The number of fused-ring (bicyclic) bond motifs is 2. The molecule has 182 valence electrons. The highest BCUT2D eigenvalue weighted by molar-refractivity contribution is 8.00. The minimum atomic E-state index is -0.593. The van der Waals surface area contributed by atoms with Gasteiger partial charge in [0.2, 0.25) is 11.8 Å². The summed E-state index contributed by atoms with van der Waals surface area (Å²) >= 11 is 1.87. The number of unbranched alkanes of at least 4 members (excludes halogenated alkanes) is 1. The topological polar surface area (TPSA) is 150 Å². The van der Waals surface area contributed by atoms with Crippen molar-refractivity contribution in [3.8, 4) is 5.75 Å². The van der Waals surface area contributed by atoms with Crippen LogP contribution in [0.25, 0.3) is 11.0 Å². The standard InChI is InChI=1S/C23H28N4O6S/c28-14-5-6-15-13(10-21(31)33-17(15)11-14)9-20(30)25-8-7-24-19(29)4-2-1-3-18-22-16(12-34-18)26-23(32)27-22/h5-6,10-11,16,18,22,28H,1-4,7-9,12H2,(H,24,29)(H,25,30)(H2,26,27,32)/t16-,18-,22-/m0/s1. The summed E-state index contributed by atoms with van der Waals surface area (Å²) in [5.41, 5.74) is 0.134. The monoisotopic (exact) mass is 488 g/mol. The molecule has 11 heteroatoms. The first kappa shape index (κ1) is 23.9. The van der Waals surface area contributed by atoms with Crippen LogP contribution in [0.15, 0.2) is 33.5 Å². The maximum atomic E-state index is 12.3. The summed E-state index contributed by atoms with van der Waals surface area (Å²) < 4.78 is 5.07. The second kappa shape index (κ2) is 10.8. The van der Waals surface area contributed by atoms with Crippen molar-refractivity contribution < 1.29 is 23.9 Å². The molecule has 0 radical (unpaired) electrons. The van der Waals surface area contributed by atoms with Crippen molar-refractivity contribution >= 4 is 40.6 Å². The SMILES string of the molecule is O=C(CCCC[C@@H]1SC[C@@H]2NC(=O)N[C@@H]21)NCCNC(=O)Cc1cc(=O)oc2cc(O)ccc12. The van der Waals surface area contributed by atoms with E-state index < -0.39 is 5.63 Å². The fourth-order valence-electron chi connectivity index (χ4n) is 4.37. The number of aromatic hydroxyl groups is 1. The van der Waals surface area contributed by atoms with Gasteiger partial charge in [0.15, 0.2) is 0 Å². The number of phenols is 1. The molecular weight excluding hydrogens is 460 g/mol. The molecule has 0 aliphatic carbocycles. The van der Waals surface area contributed by atoms with Crippen LogP contribution in [0.4, 0.5) is 4.79 Å². The number of amides is 4. The van der Waals surface area contributed by atoms with Crippen LogP contribution in [-0.2, 0) is 16.0 Å². The molecule has 1 aromatic carbocycles. The predicted octanol–water partition coefficient (Wildman–Crippen LogP) is 0.999. The quantitative estimate of drug-likeness (QED) is 0.190. The van der Waals surface area contributed by atoms with E-state index in [1.165, 1.54) is 18.2 Å². The molecule has 4 amide bonds. The van der Waals surface area contributed by atoms with E-state index in [4.69, 9.17) is 4.42 Å². The highest BCUT2D eigenvalue weighted by Crippen LogP contribution is 2.33. The van der Waals surface area contributed by atoms with E-state index in [1.807, 2.05) is 11.8 Å². The highest BCUT2D eigenvalue weighted by Gasteiger charge is 2.42. The lowest BCUT2D eigenvalue weighted by Crippen LogP contribution is -2.36. The van der Waals surface area contributed by atoms with Gasteiger partial charge in [-0.2, -0.15) is 11.8 Å². The molecule has 2 aliphatic heterocycles. The summed E-state index contributed by atoms with van der Waals surface area (Å²) in [7, 11) is 0. The van der Waals surface area contributed by atoms with Gasteiger partial charge in [0.1, 0.15) is 11.3 Å². The van der Waals surface area contributed by atoms with Gasteiger partial charge in [0.25, 0.3) is 0 Å². The fraction of sp³-hybridized carbons (Fsp3) is 0.478. The molecule has 10 nitrogen and oxygen atoms in total. The molecule has 3 atom stereocenters. The maximum absolute atomic E-state index is 12.3. The van der Waals surface area contributed by atoms with Crippen molar-refractivity contribution in [2.75, 3.05) is 18.8 Å². The van der Waals surface area contributed by atoms with Gasteiger partial charge in [-0.15, -0.1) is 0 Å². The number of carbonyl (C=O) groups is 3. The highest BCUT2D eigenvalue weighted by atomic mass is 32.2. The molecule has 2 saturated heterocycles. The molecule has 0 bridgehead atoms. The van der Waals surface area contributed by atoms with Crippen molar-refractivity contribution in [3.05, 3.63) is 40.2 Å². The molecule has 3 heterocycles. The summed E-state index contributed by atoms with van der Waals surface area (Å²) in [5, 5.41) is 21.9. The lowest BCUT2D eigenvalue weighted by atomic mass is 10.0. The largest absolute Gasteiger partial charge is 0.508 e. The van der Waals surface area contributed by atoms with Crippen molar-refractivity contribution in [1.29, 1.82) is 0 Å². The van der Waals surface area contributed by atoms with Gasteiger partial charge in [-0.1, -0.05) is 6.42 Å². The van der Waals surface area contributed by atoms with E-state index >= 15 is 0 Å². The van der Waals surface area contributed by atoms with E-state index in [0.717, 1.165) is 25.0 Å². The lowest BCUT2D eigenvalue weighted by Gasteiger charge is -2.16. The van der Waals surface area contributed by atoms with Gasteiger partial charge in [0.05, 0.1) is 18.5 Å². The Kier molecular flexibility index (Phi) is 7.61. The smallest absolute Gasteiger partial charge is 0.336 e. The van der Waals surface area contributed by atoms with E-state index in [1.54, 1.807) is 6.07 Å². The molecule has 4 rings (SSSR count). The zero-order chi connectivity index (χ0) is 24.1. The zero-order valence-corrected chi connectivity index (χ0v) is 19.4. The van der Waals surface area contributed by atoms with E-state index in [2.05, 4.69) is 21.3 Å². The first-order chi connectivity index (χ1) is 16.4. The van der Waals surface area contributed by atoms with Crippen LogP contribution < -0.4 is 26.9 Å². The van der Waals surface area contributed by atoms with Gasteiger partial charge in [-0.05, 0) is 30.5 Å². The zero-order valence-electron chi connectivity index (χ0n) is 18.6. The van der Waals surface area contributed by atoms with Gasteiger partial charge < -0.3 is 30.8 Å². The van der Waals surface area contributed by atoms with Crippen molar-refractivity contribution in [1.82, 2.24) is 21.3 Å². The second-order valence-electron chi connectivity index (χ2n) is 8.52. The maximum Gasteiger partial charge on any atom is 0.336 e. The summed E-state index contributed by atoms with van der Waals surface area (Å²) in [4.78, 5) is 47.5. The predicted molar refractivity (Wildman–Crippen MR) is 128 cm³/mol. The van der Waals surface area contributed by atoms with Crippen molar-refractivity contribution in [2.24, 2.45) is 0 Å². The van der Waals surface area contributed by atoms with Crippen molar-refractivity contribution in [3.63, 3.8) is 0 Å². The summed E-state index contributed by atoms with van der Waals surface area (Å²) in [6.45, 7) is 0.593.